The van der Waals surface area contributed by atoms with Gasteiger partial charge in [0.1, 0.15) is 0 Å². The summed E-state index contributed by atoms with van der Waals surface area (Å²) in [5.41, 5.74) is 0. The van der Waals surface area contributed by atoms with E-state index in [1.165, 1.54) is 0 Å². The molecule has 0 bridgehead atoms. The van der Waals surface area contributed by atoms with Gasteiger partial charge in [0.15, 0.2) is 0 Å². The molecule has 0 fully saturated rings. The van der Waals surface area contributed by atoms with Crippen LogP contribution in [0.2, 0.25) is 0 Å². The van der Waals surface area contributed by atoms with Gasteiger partial charge < -0.3 is 66.8 Å². The van der Waals surface area contributed by atoms with Crippen LogP contribution in [0.5, 0.6) is 0 Å². The van der Waals surface area contributed by atoms with Crippen LogP contribution in [0, 0.1) is 0 Å². The summed E-state index contributed by atoms with van der Waals surface area (Å²) in [6, 6.07) is 0. The third-order valence-corrected chi connectivity index (χ3v) is 0. The van der Waals surface area contributed by atoms with Crippen LogP contribution >= 0.6 is 0 Å². The first-order chi connectivity index (χ1) is 0. The molecule has 0 saturated carbocycles. The van der Waals surface area contributed by atoms with E-state index in [-0.39, 0.29) is 105 Å². The van der Waals surface area contributed by atoms with Gasteiger partial charge in [-0.25, -0.2) is 0 Å². The van der Waals surface area contributed by atoms with Gasteiger partial charge in [-0.2, -0.15) is 0 Å². The molecule has 0 spiro atoms. The SMILES string of the molecule is O.O.O.O.O.O.[Br-].[Br-].[Ca+2]. The zero-order valence-electron chi connectivity index (χ0n) is 4.46. The molecule has 0 aliphatic rings. The van der Waals surface area contributed by atoms with E-state index in [1.54, 1.807) is 0 Å². The fraction of sp³-hybridized carbons (Fsp3) is 0. The zero-order chi connectivity index (χ0) is 0. The minimum Gasteiger partial charge on any atom is -1.00 e. The van der Waals surface area contributed by atoms with E-state index in [0.717, 1.165) is 0 Å². The van der Waals surface area contributed by atoms with Gasteiger partial charge in [-0.1, -0.05) is 0 Å². The second kappa shape index (κ2) is 205. The predicted molar refractivity (Wildman–Crippen MR) is 27.4 cm³/mol. The van der Waals surface area contributed by atoms with Crippen LogP contribution in [0.3, 0.4) is 0 Å². The minimum absolute atomic E-state index is 0. The molecule has 0 rings (SSSR count). The molecule has 9 heteroatoms. The molecule has 0 aliphatic heterocycles. The van der Waals surface area contributed by atoms with Crippen LogP contribution < -0.4 is 34.0 Å². The topological polar surface area (TPSA) is 189 Å². The van der Waals surface area contributed by atoms with Crippen molar-refractivity contribution in [2.45, 2.75) is 0 Å². The van der Waals surface area contributed by atoms with Crippen molar-refractivity contribution in [3.8, 4) is 0 Å². The van der Waals surface area contributed by atoms with Crippen molar-refractivity contribution in [2.24, 2.45) is 0 Å². The van der Waals surface area contributed by atoms with Crippen molar-refractivity contribution < 1.29 is 66.8 Å². The molecule has 0 aromatic heterocycles. The van der Waals surface area contributed by atoms with E-state index in [1.807, 2.05) is 0 Å². The first-order valence-corrected chi connectivity index (χ1v) is 0. The Balaban J connectivity index is 0. The van der Waals surface area contributed by atoms with Gasteiger partial charge in [0, 0.05) is 0 Å². The Morgan fingerprint density at radius 3 is 0.333 bits per heavy atom. The van der Waals surface area contributed by atoms with E-state index < -0.39 is 0 Å². The maximum Gasteiger partial charge on any atom is 2.00 e. The van der Waals surface area contributed by atoms with Crippen LogP contribution in [-0.2, 0) is 0 Å². The molecule has 0 saturated heterocycles. The standard InChI is InChI=1S/2BrH.Ca.6H2O/h2*1H;;6*1H2/q;;+2;;;;;;/p-2. The maximum absolute atomic E-state index is 0. The van der Waals surface area contributed by atoms with Gasteiger partial charge >= 0.3 is 37.7 Å². The van der Waals surface area contributed by atoms with Gasteiger partial charge in [-0.15, -0.1) is 0 Å². The Morgan fingerprint density at radius 2 is 0.333 bits per heavy atom. The van der Waals surface area contributed by atoms with Crippen LogP contribution in [0.25, 0.3) is 0 Å². The minimum atomic E-state index is 0. The van der Waals surface area contributed by atoms with Crippen molar-refractivity contribution >= 4 is 37.7 Å². The second-order valence-corrected chi connectivity index (χ2v) is 0. The van der Waals surface area contributed by atoms with Crippen molar-refractivity contribution in [1.29, 1.82) is 0 Å². The Hall–Kier alpha value is 1.98. The molecule has 0 radical (unpaired) electrons. The van der Waals surface area contributed by atoms with Crippen LogP contribution in [-0.4, -0.2) is 70.6 Å². The average Bonchev–Trinajstić information content (AvgIpc) is 0. The summed E-state index contributed by atoms with van der Waals surface area (Å²) in [5.74, 6) is 0. The van der Waals surface area contributed by atoms with Gasteiger partial charge in [0.05, 0.1) is 0 Å². The quantitative estimate of drug-likeness (QED) is 0.384. The molecular formula is H12Br2CaO6. The fourth-order valence-electron chi connectivity index (χ4n) is 0. The van der Waals surface area contributed by atoms with Crippen LogP contribution in [0.1, 0.15) is 0 Å². The zero-order valence-corrected chi connectivity index (χ0v) is 9.84. The first-order valence-electron chi connectivity index (χ1n) is 0. The molecule has 9 heavy (non-hydrogen) atoms. The molecule has 12 N–H and O–H groups in total. The van der Waals surface area contributed by atoms with Crippen molar-refractivity contribution in [3.63, 3.8) is 0 Å². The normalized spacial score (nSPS) is 0. The van der Waals surface area contributed by atoms with Crippen molar-refractivity contribution in [1.82, 2.24) is 0 Å². The van der Waals surface area contributed by atoms with Gasteiger partial charge in [-0.3, -0.25) is 0 Å². The molecule has 64 valence electrons. The molecule has 0 aromatic carbocycles. The summed E-state index contributed by atoms with van der Waals surface area (Å²) in [6.07, 6.45) is 0. The molecule has 0 amide bonds. The third-order valence-electron chi connectivity index (χ3n) is 0. The molecule has 0 unspecified atom stereocenters. The first kappa shape index (κ1) is 279. The van der Waals surface area contributed by atoms with E-state index in [2.05, 4.69) is 0 Å². The van der Waals surface area contributed by atoms with Gasteiger partial charge in [-0.05, 0) is 0 Å². The Labute approximate surface area is 103 Å². The molecular weight excluding hydrogens is 296 g/mol. The Bertz CT molecular complexity index is 11.0. The largest absolute Gasteiger partial charge is 2.00 e. The van der Waals surface area contributed by atoms with Gasteiger partial charge in [0.2, 0.25) is 0 Å². The number of rotatable bonds is 0. The van der Waals surface area contributed by atoms with Crippen molar-refractivity contribution in [3.05, 3.63) is 0 Å². The summed E-state index contributed by atoms with van der Waals surface area (Å²) < 4.78 is 0. The number of halogens is 2. The summed E-state index contributed by atoms with van der Waals surface area (Å²) in [7, 11) is 0. The number of hydrogen-bond donors (Lipinski definition) is 0. The second-order valence-electron chi connectivity index (χ2n) is 0. The monoisotopic (exact) mass is 306 g/mol. The van der Waals surface area contributed by atoms with Crippen molar-refractivity contribution in [2.75, 3.05) is 0 Å². The Morgan fingerprint density at radius 1 is 0.333 bits per heavy atom. The van der Waals surface area contributed by atoms with E-state index in [4.69, 9.17) is 0 Å². The molecule has 0 aromatic rings. The summed E-state index contributed by atoms with van der Waals surface area (Å²) in [6.45, 7) is 0. The summed E-state index contributed by atoms with van der Waals surface area (Å²) in [4.78, 5) is 0. The van der Waals surface area contributed by atoms with Crippen LogP contribution in [0.15, 0.2) is 0 Å². The molecule has 0 aliphatic carbocycles. The molecule has 0 heterocycles. The molecule has 0 atom stereocenters. The number of hydrogen-bond acceptors (Lipinski definition) is 0. The smallest absolute Gasteiger partial charge is 1.00 e. The average molecular weight is 308 g/mol. The summed E-state index contributed by atoms with van der Waals surface area (Å²) in [5, 5.41) is 0. The Kier molecular flexibility index (Phi) is 6370. The van der Waals surface area contributed by atoms with Gasteiger partial charge in [0.25, 0.3) is 0 Å². The molecule has 6 nitrogen and oxygen atoms in total. The van der Waals surface area contributed by atoms with E-state index in [0.29, 0.717) is 0 Å². The fourth-order valence-corrected chi connectivity index (χ4v) is 0. The predicted octanol–water partition coefficient (Wildman–Crippen LogP) is -11.3. The van der Waals surface area contributed by atoms with E-state index in [9.17, 15) is 0 Å². The maximum atomic E-state index is 0. The summed E-state index contributed by atoms with van der Waals surface area (Å²) >= 11 is 0. The van der Waals surface area contributed by atoms with Crippen LogP contribution in [0.4, 0.5) is 0 Å². The van der Waals surface area contributed by atoms with E-state index >= 15 is 0 Å². The third kappa shape index (κ3) is 162.